The van der Waals surface area contributed by atoms with Crippen molar-refractivity contribution in [3.8, 4) is 5.75 Å². The van der Waals surface area contributed by atoms with Gasteiger partial charge >= 0.3 is 0 Å². The number of benzene rings is 1. The average Bonchev–Trinajstić information content (AvgIpc) is 2.44. The summed E-state index contributed by atoms with van der Waals surface area (Å²) >= 11 is 0. The fraction of sp³-hybridized carbons (Fsp3) is 0.647. The van der Waals surface area contributed by atoms with Gasteiger partial charge in [-0.15, -0.1) is 0 Å². The third-order valence-corrected chi connectivity index (χ3v) is 4.21. The topological polar surface area (TPSA) is 47.3 Å². The van der Waals surface area contributed by atoms with E-state index in [1.54, 1.807) is 6.07 Å². The van der Waals surface area contributed by atoms with Crippen LogP contribution in [0.2, 0.25) is 0 Å². The van der Waals surface area contributed by atoms with Gasteiger partial charge in [-0.2, -0.15) is 0 Å². The molecule has 0 amide bonds. The van der Waals surface area contributed by atoms with Crippen molar-refractivity contribution in [3.05, 3.63) is 17.9 Å². The van der Waals surface area contributed by atoms with E-state index in [2.05, 4.69) is 12.2 Å². The van der Waals surface area contributed by atoms with Crippen LogP contribution < -0.4 is 15.8 Å². The lowest BCUT2D eigenvalue weighted by Crippen LogP contribution is -2.28. The fourth-order valence-corrected chi connectivity index (χ4v) is 3.04. The first-order valence-electron chi connectivity index (χ1n) is 7.99. The maximum atomic E-state index is 13.9. The highest BCUT2D eigenvalue weighted by atomic mass is 19.1. The van der Waals surface area contributed by atoms with E-state index >= 15 is 0 Å². The molecule has 1 aromatic rings. The van der Waals surface area contributed by atoms with Crippen molar-refractivity contribution in [1.82, 2.24) is 0 Å². The van der Waals surface area contributed by atoms with Crippen LogP contribution in [-0.4, -0.2) is 12.1 Å². The lowest BCUT2D eigenvalue weighted by molar-refractivity contribution is 0.231. The summed E-state index contributed by atoms with van der Waals surface area (Å²) in [6.45, 7) is 5.95. The zero-order valence-electron chi connectivity index (χ0n) is 13.3. The van der Waals surface area contributed by atoms with Crippen LogP contribution in [0.5, 0.6) is 5.75 Å². The van der Waals surface area contributed by atoms with Crippen molar-refractivity contribution in [2.45, 2.75) is 65.0 Å². The Morgan fingerprint density at radius 1 is 1.19 bits per heavy atom. The number of ether oxygens (including phenoxy) is 1. The number of hydrogen-bond acceptors (Lipinski definition) is 3. The predicted molar refractivity (Wildman–Crippen MR) is 86.2 cm³/mol. The van der Waals surface area contributed by atoms with E-state index in [1.165, 1.54) is 38.2 Å². The molecule has 3 N–H and O–H groups in total. The normalized spacial score (nSPS) is 17.8. The molecule has 118 valence electrons. The molecule has 1 fully saturated rings. The highest BCUT2D eigenvalue weighted by Crippen LogP contribution is 2.32. The van der Waals surface area contributed by atoms with Crippen LogP contribution in [-0.2, 0) is 0 Å². The smallest absolute Gasteiger partial charge is 0.167 e. The third-order valence-electron chi connectivity index (χ3n) is 4.21. The summed E-state index contributed by atoms with van der Waals surface area (Å²) in [4.78, 5) is 0. The Kier molecular flexibility index (Phi) is 5.32. The quantitative estimate of drug-likeness (QED) is 0.782. The van der Waals surface area contributed by atoms with Crippen molar-refractivity contribution in [2.24, 2.45) is 5.92 Å². The van der Waals surface area contributed by atoms with Crippen molar-refractivity contribution in [3.63, 3.8) is 0 Å². The molecular formula is C17H27FN2O. The number of nitrogens with two attached hydrogens (primary N) is 1. The summed E-state index contributed by atoms with van der Waals surface area (Å²) in [6.07, 6.45) is 6.39. The summed E-state index contributed by atoms with van der Waals surface area (Å²) in [5, 5.41) is 3.45. The van der Waals surface area contributed by atoms with Crippen molar-refractivity contribution in [1.29, 1.82) is 0 Å². The lowest BCUT2D eigenvalue weighted by Gasteiger charge is -2.29. The Labute approximate surface area is 127 Å². The van der Waals surface area contributed by atoms with Gasteiger partial charge in [0.15, 0.2) is 11.6 Å². The summed E-state index contributed by atoms with van der Waals surface area (Å²) < 4.78 is 19.3. The molecule has 1 aromatic carbocycles. The lowest BCUT2D eigenvalue weighted by atomic mass is 9.84. The van der Waals surface area contributed by atoms with Gasteiger partial charge in [0, 0.05) is 18.2 Å². The number of nitrogen functional groups attached to an aromatic ring is 1. The van der Waals surface area contributed by atoms with Crippen LogP contribution >= 0.6 is 0 Å². The van der Waals surface area contributed by atoms with Crippen LogP contribution in [0.3, 0.4) is 0 Å². The minimum Gasteiger partial charge on any atom is -0.488 e. The Morgan fingerprint density at radius 2 is 1.86 bits per heavy atom. The summed E-state index contributed by atoms with van der Waals surface area (Å²) in [6, 6.07) is 3.36. The zero-order chi connectivity index (χ0) is 15.4. The molecule has 1 unspecified atom stereocenters. The molecule has 0 heterocycles. The van der Waals surface area contributed by atoms with Gasteiger partial charge in [0.1, 0.15) is 0 Å². The van der Waals surface area contributed by atoms with Gasteiger partial charge < -0.3 is 15.8 Å². The molecule has 0 bridgehead atoms. The van der Waals surface area contributed by atoms with Gasteiger partial charge in [-0.1, -0.05) is 19.3 Å². The van der Waals surface area contributed by atoms with E-state index in [9.17, 15) is 4.39 Å². The molecule has 3 nitrogen and oxygen atoms in total. The van der Waals surface area contributed by atoms with Crippen LogP contribution in [0.25, 0.3) is 0 Å². The molecule has 4 heteroatoms. The monoisotopic (exact) mass is 294 g/mol. The molecule has 1 aliphatic carbocycles. The molecule has 0 radical (unpaired) electrons. The van der Waals surface area contributed by atoms with Gasteiger partial charge in [-0.3, -0.25) is 0 Å². The Hall–Kier alpha value is -1.45. The molecule has 1 saturated carbocycles. The molecule has 0 aliphatic heterocycles. The largest absolute Gasteiger partial charge is 0.488 e. The maximum Gasteiger partial charge on any atom is 0.167 e. The van der Waals surface area contributed by atoms with Crippen molar-refractivity contribution in [2.75, 3.05) is 11.1 Å². The Morgan fingerprint density at radius 3 is 2.48 bits per heavy atom. The van der Waals surface area contributed by atoms with E-state index < -0.39 is 5.82 Å². The maximum absolute atomic E-state index is 13.9. The van der Waals surface area contributed by atoms with Crippen LogP contribution in [0.15, 0.2) is 12.1 Å². The number of anilines is 2. The number of hydrogen-bond donors (Lipinski definition) is 2. The number of halogens is 1. The van der Waals surface area contributed by atoms with Gasteiger partial charge in [-0.25, -0.2) is 4.39 Å². The van der Waals surface area contributed by atoms with Gasteiger partial charge in [0.2, 0.25) is 0 Å². The van der Waals surface area contributed by atoms with E-state index in [4.69, 9.17) is 10.5 Å². The molecular weight excluding hydrogens is 267 g/mol. The van der Waals surface area contributed by atoms with Gasteiger partial charge in [0.25, 0.3) is 0 Å². The first-order valence-corrected chi connectivity index (χ1v) is 7.99. The first-order chi connectivity index (χ1) is 9.97. The summed E-state index contributed by atoms with van der Waals surface area (Å²) in [5.74, 6) is 0.521. The first kappa shape index (κ1) is 15.9. The second kappa shape index (κ2) is 7.01. The van der Waals surface area contributed by atoms with Crippen molar-refractivity contribution >= 4 is 11.4 Å². The molecule has 0 aromatic heterocycles. The fourth-order valence-electron chi connectivity index (χ4n) is 3.04. The van der Waals surface area contributed by atoms with Crippen LogP contribution in [0.1, 0.15) is 52.9 Å². The SMILES string of the molecule is CC(C)Oc1cc(NC(C)C2CCCCC2)c(N)cc1F. The summed E-state index contributed by atoms with van der Waals surface area (Å²) in [5.41, 5.74) is 7.15. The second-order valence-corrected chi connectivity index (χ2v) is 6.37. The molecule has 1 atom stereocenters. The van der Waals surface area contributed by atoms with Gasteiger partial charge in [0.05, 0.1) is 17.5 Å². The predicted octanol–water partition coefficient (Wildman–Crippen LogP) is 4.58. The van der Waals surface area contributed by atoms with Crippen LogP contribution in [0.4, 0.5) is 15.8 Å². The third kappa shape index (κ3) is 4.26. The zero-order valence-corrected chi connectivity index (χ0v) is 13.3. The highest BCUT2D eigenvalue weighted by Gasteiger charge is 2.21. The van der Waals surface area contributed by atoms with Crippen molar-refractivity contribution < 1.29 is 9.13 Å². The number of rotatable bonds is 5. The highest BCUT2D eigenvalue weighted by molar-refractivity contribution is 5.69. The Balaban J connectivity index is 2.10. The Bertz CT molecular complexity index is 470. The molecule has 0 spiro atoms. The van der Waals surface area contributed by atoms with E-state index in [0.717, 1.165) is 5.69 Å². The van der Waals surface area contributed by atoms with E-state index in [-0.39, 0.29) is 11.9 Å². The number of nitrogens with one attached hydrogen (secondary N) is 1. The minimum absolute atomic E-state index is 0.0632. The standard InChI is InChI=1S/C17H27FN2O/c1-11(2)21-17-10-16(15(19)9-14(17)18)20-12(3)13-7-5-4-6-8-13/h9-13,20H,4-8,19H2,1-3H3. The van der Waals surface area contributed by atoms with Crippen LogP contribution in [0, 0.1) is 11.7 Å². The molecule has 21 heavy (non-hydrogen) atoms. The molecule has 2 rings (SSSR count). The average molecular weight is 294 g/mol. The van der Waals surface area contributed by atoms with E-state index in [0.29, 0.717) is 17.6 Å². The minimum atomic E-state index is -0.405. The molecule has 0 saturated heterocycles. The molecule has 1 aliphatic rings. The second-order valence-electron chi connectivity index (χ2n) is 6.37. The van der Waals surface area contributed by atoms with Gasteiger partial charge in [-0.05, 0) is 39.5 Å². The summed E-state index contributed by atoms with van der Waals surface area (Å²) in [7, 11) is 0. The van der Waals surface area contributed by atoms with E-state index in [1.807, 2.05) is 13.8 Å².